The Kier molecular flexibility index (Phi) is 11.0. The zero-order valence-corrected chi connectivity index (χ0v) is 19.4. The highest BCUT2D eigenvalue weighted by atomic mass is 35.7. The van der Waals surface area contributed by atoms with Crippen LogP contribution in [0.4, 0.5) is 0 Å². The maximum absolute atomic E-state index is 8.49. The molecule has 0 saturated carbocycles. The third-order valence-electron chi connectivity index (χ3n) is 3.11. The Bertz CT molecular complexity index is 641. The summed E-state index contributed by atoms with van der Waals surface area (Å²) in [7, 11) is -9.89. The fraction of sp³-hybridized carbons (Fsp3) is 0.286. The molecule has 3 rings (SSSR count). The summed E-state index contributed by atoms with van der Waals surface area (Å²) in [4.78, 5) is 6.04. The van der Waals surface area contributed by atoms with Gasteiger partial charge in [-0.05, 0) is 38.1 Å². The minimum atomic E-state index is -4.94. The fourth-order valence-corrected chi connectivity index (χ4v) is 7.61. The van der Waals surface area contributed by atoms with E-state index in [9.17, 15) is 0 Å². The third-order valence-corrected chi connectivity index (χ3v) is 8.57. The Balaban J connectivity index is 0.000000329. The molecule has 0 bridgehead atoms. The van der Waals surface area contributed by atoms with Crippen molar-refractivity contribution in [2.75, 3.05) is 10.2 Å². The number of halogens is 2. The minimum Gasteiger partial charge on any atom is -0.222 e. The van der Waals surface area contributed by atoms with Crippen molar-refractivity contribution in [1.29, 1.82) is 0 Å². The van der Waals surface area contributed by atoms with Gasteiger partial charge in [0.05, 0.1) is 0 Å². The molecule has 8 nitrogen and oxygen atoms in total. The summed E-state index contributed by atoms with van der Waals surface area (Å²) >= 11 is 6.92. The van der Waals surface area contributed by atoms with Crippen LogP contribution in [0.5, 0.6) is 0 Å². The molecule has 0 N–H and O–H groups in total. The van der Waals surface area contributed by atoms with Crippen LogP contribution in [-0.2, 0) is 23.5 Å². The quantitative estimate of drug-likeness (QED) is 0.274. The van der Waals surface area contributed by atoms with E-state index in [-0.39, 0.29) is 0 Å². The van der Waals surface area contributed by atoms with Gasteiger partial charge in [0.2, 0.25) is 0 Å². The second-order valence-corrected chi connectivity index (χ2v) is 11.9. The highest BCUT2D eigenvalue weighted by Gasteiger charge is 2.24. The van der Waals surface area contributed by atoms with Gasteiger partial charge in [0.1, 0.15) is 0 Å². The average molecular weight is 511 g/mol. The van der Waals surface area contributed by atoms with Gasteiger partial charge in [0, 0.05) is 44.5 Å². The molecule has 0 aromatic heterocycles. The number of rotatable bonds is 2. The number of thiol groups is 2. The van der Waals surface area contributed by atoms with Gasteiger partial charge in [-0.15, -0.1) is 20.5 Å². The highest BCUT2D eigenvalue weighted by Crippen LogP contribution is 2.38. The summed E-state index contributed by atoms with van der Waals surface area (Å²) in [6.07, 6.45) is 0. The normalized spacial score (nSPS) is 17.2. The van der Waals surface area contributed by atoms with Crippen LogP contribution in [-0.4, -0.2) is 10.2 Å². The Morgan fingerprint density at radius 2 is 0.893 bits per heavy atom. The molecular formula is C14H16Cl2O8S4. The standard InChI is InChI=1S/C14H14S4.2ClHO4/c1-9-13(17-7-15-9)11-3-5-12(6-4-11)14-10(2)16-8-18-14;2*2-1(3,4)5/h3-6H,7-8H2,1-2H3;2*(H,2,3,4,5). The molecule has 158 valence electrons. The molecule has 28 heavy (non-hydrogen) atoms. The third kappa shape index (κ3) is 11.5. The molecule has 0 radical (unpaired) electrons. The topological polar surface area (TPSA) is 184 Å². The molecule has 2 aliphatic heterocycles. The molecule has 0 aliphatic carbocycles. The summed E-state index contributed by atoms with van der Waals surface area (Å²) in [6, 6.07) is 9.19. The predicted molar refractivity (Wildman–Crippen MR) is 94.1 cm³/mol. The lowest BCUT2D eigenvalue weighted by molar-refractivity contribution is -2.00. The Morgan fingerprint density at radius 1 is 0.643 bits per heavy atom. The van der Waals surface area contributed by atoms with E-state index in [0.717, 1.165) is 0 Å². The smallest absolute Gasteiger partial charge is 0.170 e. The van der Waals surface area contributed by atoms with Crippen molar-refractivity contribution in [3.63, 3.8) is 0 Å². The molecule has 0 atom stereocenters. The number of benzene rings is 1. The monoisotopic (exact) mass is 510 g/mol. The van der Waals surface area contributed by atoms with Crippen molar-refractivity contribution in [2.45, 2.75) is 13.8 Å². The molecule has 14 heteroatoms. The van der Waals surface area contributed by atoms with Crippen LogP contribution >= 0.6 is 23.5 Å². The molecule has 0 unspecified atom stereocenters. The van der Waals surface area contributed by atoms with E-state index in [4.69, 9.17) is 37.3 Å². The zero-order valence-electron chi connectivity index (χ0n) is 14.5. The van der Waals surface area contributed by atoms with Gasteiger partial charge in [0.25, 0.3) is 0 Å². The Hall–Kier alpha value is 0.360. The number of hydrogen-bond donors (Lipinski definition) is 0. The maximum atomic E-state index is 8.49. The number of hydrogen-bond acceptors (Lipinski definition) is 10. The van der Waals surface area contributed by atoms with E-state index in [1.165, 1.54) is 64.4 Å². The first kappa shape index (κ1) is 26.4. The fourth-order valence-electron chi connectivity index (χ4n) is 2.12. The lowest BCUT2D eigenvalue weighted by Crippen LogP contribution is -2.68. The lowest BCUT2D eigenvalue weighted by Gasteiger charge is -2.17. The predicted octanol–water partition coefficient (Wildman–Crippen LogP) is -5.41. The van der Waals surface area contributed by atoms with Crippen LogP contribution in [0, 0.1) is 20.5 Å². The molecule has 0 fully saturated rings. The minimum absolute atomic E-state index is 1.22. The molecule has 0 amide bonds. The van der Waals surface area contributed by atoms with Crippen molar-refractivity contribution in [1.82, 2.24) is 0 Å². The van der Waals surface area contributed by atoms with Gasteiger partial charge in [0.15, 0.2) is 20.0 Å². The lowest BCUT2D eigenvalue weighted by atomic mass is 10.1. The number of thioether (sulfide) groups is 2. The summed E-state index contributed by atoms with van der Waals surface area (Å²) in [6.45, 7) is 4.49. The van der Waals surface area contributed by atoms with Gasteiger partial charge >= 0.3 is 0 Å². The molecule has 2 aliphatic rings. The molecule has 2 heterocycles. The van der Waals surface area contributed by atoms with E-state index < -0.39 is 20.5 Å². The SMILES string of the molecule is CC1=C(c2ccc(C3=C(C)SC[SH+]3)cc2)[SH+]CS1.[O-][Cl+3]([O-])([O-])[O-].[O-][Cl+3]([O-])([O-])[O-]. The van der Waals surface area contributed by atoms with Crippen molar-refractivity contribution in [2.24, 2.45) is 0 Å². The summed E-state index contributed by atoms with van der Waals surface area (Å²) in [5.74, 6) is 0. The molecule has 0 spiro atoms. The van der Waals surface area contributed by atoms with Crippen LogP contribution in [0.2, 0.25) is 0 Å². The van der Waals surface area contributed by atoms with Gasteiger partial charge in [-0.25, -0.2) is 37.3 Å². The first-order valence-corrected chi connectivity index (χ1v) is 13.7. The second kappa shape index (κ2) is 11.7. The van der Waals surface area contributed by atoms with Crippen LogP contribution in [0.25, 0.3) is 9.81 Å². The van der Waals surface area contributed by atoms with Crippen LogP contribution in [0.3, 0.4) is 0 Å². The van der Waals surface area contributed by atoms with Gasteiger partial charge in [-0.3, -0.25) is 0 Å². The molecule has 1 aromatic carbocycles. The van der Waals surface area contributed by atoms with Crippen molar-refractivity contribution in [3.05, 3.63) is 45.2 Å². The van der Waals surface area contributed by atoms with Crippen molar-refractivity contribution < 1.29 is 57.8 Å². The highest BCUT2D eigenvalue weighted by molar-refractivity contribution is 8.17. The largest absolute Gasteiger partial charge is 0.222 e. The molecule has 1 aromatic rings. The van der Waals surface area contributed by atoms with E-state index in [0.29, 0.717) is 0 Å². The summed E-state index contributed by atoms with van der Waals surface area (Å²) in [5.41, 5.74) is 2.81. The van der Waals surface area contributed by atoms with Crippen LogP contribution < -0.4 is 37.3 Å². The Labute approximate surface area is 183 Å². The van der Waals surface area contributed by atoms with E-state index in [1.54, 1.807) is 0 Å². The van der Waals surface area contributed by atoms with Crippen LogP contribution in [0.1, 0.15) is 25.0 Å². The first-order chi connectivity index (χ1) is 12.8. The average Bonchev–Trinajstić information content (AvgIpc) is 3.12. The van der Waals surface area contributed by atoms with Gasteiger partial charge < -0.3 is 0 Å². The zero-order chi connectivity index (χ0) is 21.5. The van der Waals surface area contributed by atoms with Gasteiger partial charge in [-0.2, -0.15) is 0 Å². The Morgan fingerprint density at radius 3 is 1.07 bits per heavy atom. The summed E-state index contributed by atoms with van der Waals surface area (Å²) < 4.78 is 67.9. The van der Waals surface area contributed by atoms with Crippen LogP contribution in [0.15, 0.2) is 34.1 Å². The van der Waals surface area contributed by atoms with E-state index in [1.807, 2.05) is 23.5 Å². The first-order valence-electron chi connectivity index (χ1n) is 7.12. The molecule has 0 saturated heterocycles. The van der Waals surface area contributed by atoms with E-state index in [2.05, 4.69) is 38.1 Å². The maximum Gasteiger partial charge on any atom is 0.170 e. The van der Waals surface area contributed by atoms with E-state index >= 15 is 0 Å². The van der Waals surface area contributed by atoms with Gasteiger partial charge in [-0.1, -0.05) is 23.5 Å². The van der Waals surface area contributed by atoms with Crippen molar-refractivity contribution >= 4 is 56.9 Å². The number of allylic oxidation sites excluding steroid dienone is 2. The summed E-state index contributed by atoms with van der Waals surface area (Å²) in [5, 5.41) is 2.45. The van der Waals surface area contributed by atoms with Crippen molar-refractivity contribution in [3.8, 4) is 0 Å². The second-order valence-electron chi connectivity index (χ2n) is 5.01. The molecular weight excluding hydrogens is 495 g/mol.